The number of hydrogen-bond acceptors (Lipinski definition) is 5. The molecule has 0 saturated carbocycles. The van der Waals surface area contributed by atoms with Gasteiger partial charge in [0.1, 0.15) is 0 Å². The number of nitrogens with zero attached hydrogens (tertiary/aromatic N) is 5. The largest absolute Gasteiger partial charge is 0.254 e. The van der Waals surface area contributed by atoms with Gasteiger partial charge in [0.15, 0.2) is 5.82 Å². The molecule has 0 unspecified atom stereocenters. The molecule has 4 aromatic heterocycles. The lowest BCUT2D eigenvalue weighted by molar-refractivity contribution is 1.18. The molecular weight excluding hydrogens is 755 g/mol. The van der Waals surface area contributed by atoms with Crippen molar-refractivity contribution in [2.24, 2.45) is 0 Å². The molecule has 0 fully saturated rings. The smallest absolute Gasteiger partial charge is 0.160 e. The predicted octanol–water partition coefficient (Wildman–Crippen LogP) is 14.3. The highest BCUT2D eigenvalue weighted by Gasteiger charge is 2.14. The molecule has 5 heteroatoms. The van der Waals surface area contributed by atoms with Crippen LogP contribution < -0.4 is 0 Å². The molecule has 5 nitrogen and oxygen atoms in total. The summed E-state index contributed by atoms with van der Waals surface area (Å²) in [7, 11) is 0. The van der Waals surface area contributed by atoms with E-state index in [9.17, 15) is 0 Å². The summed E-state index contributed by atoms with van der Waals surface area (Å²) in [5.74, 6) is 0.706. The Morgan fingerprint density at radius 2 is 0.694 bits per heavy atom. The van der Waals surface area contributed by atoms with E-state index in [1.807, 2.05) is 54.9 Å². The van der Waals surface area contributed by atoms with Gasteiger partial charge in [0.2, 0.25) is 0 Å². The second-order valence-electron chi connectivity index (χ2n) is 15.4. The second kappa shape index (κ2) is 16.0. The van der Waals surface area contributed by atoms with Crippen LogP contribution in [0.1, 0.15) is 0 Å². The minimum Gasteiger partial charge on any atom is -0.254 e. The Morgan fingerprint density at radius 3 is 1.34 bits per heavy atom. The van der Waals surface area contributed by atoms with Crippen molar-refractivity contribution in [3.05, 3.63) is 225 Å². The maximum absolute atomic E-state index is 5.15. The monoisotopic (exact) mass is 791 g/mol. The molecule has 290 valence electrons. The predicted molar refractivity (Wildman–Crippen MR) is 254 cm³/mol. The maximum Gasteiger partial charge on any atom is 0.160 e. The molecule has 0 spiro atoms. The van der Waals surface area contributed by atoms with Gasteiger partial charge in [-0.1, -0.05) is 176 Å². The van der Waals surface area contributed by atoms with Crippen molar-refractivity contribution in [3.8, 4) is 90.1 Å². The topological polar surface area (TPSA) is 64.5 Å². The highest BCUT2D eigenvalue weighted by molar-refractivity contribution is 5.89. The summed E-state index contributed by atoms with van der Waals surface area (Å²) >= 11 is 0. The van der Waals surface area contributed by atoms with Crippen molar-refractivity contribution in [1.82, 2.24) is 24.9 Å². The zero-order valence-corrected chi connectivity index (χ0v) is 33.6. The van der Waals surface area contributed by atoms with Crippen molar-refractivity contribution in [2.45, 2.75) is 0 Å². The van der Waals surface area contributed by atoms with Crippen LogP contribution in [0.4, 0.5) is 0 Å². The molecule has 4 heterocycles. The first-order valence-corrected chi connectivity index (χ1v) is 20.7. The van der Waals surface area contributed by atoms with Gasteiger partial charge in [-0.3, -0.25) is 9.97 Å². The number of hydrogen-bond donors (Lipinski definition) is 0. The lowest BCUT2D eigenvalue weighted by Crippen LogP contribution is -1.95. The van der Waals surface area contributed by atoms with Gasteiger partial charge in [-0.25, -0.2) is 15.0 Å². The molecule has 0 atom stereocenters. The summed E-state index contributed by atoms with van der Waals surface area (Å²) in [6.07, 6.45) is 3.86. The molecule has 0 aliphatic carbocycles. The first-order chi connectivity index (χ1) is 30.7. The third kappa shape index (κ3) is 7.40. The maximum atomic E-state index is 5.15. The summed E-state index contributed by atoms with van der Waals surface area (Å²) < 4.78 is 0. The molecule has 62 heavy (non-hydrogen) atoms. The summed E-state index contributed by atoms with van der Waals surface area (Å²) in [6.45, 7) is 0. The van der Waals surface area contributed by atoms with Gasteiger partial charge in [-0.15, -0.1) is 0 Å². The van der Waals surface area contributed by atoms with E-state index in [4.69, 9.17) is 24.9 Å². The number of rotatable bonds is 8. The third-order valence-electron chi connectivity index (χ3n) is 11.4. The Bertz CT molecular complexity index is 3210. The van der Waals surface area contributed by atoms with Crippen LogP contribution >= 0.6 is 0 Å². The van der Waals surface area contributed by atoms with Crippen LogP contribution in [-0.4, -0.2) is 24.9 Å². The molecule has 0 N–H and O–H groups in total. The summed E-state index contributed by atoms with van der Waals surface area (Å²) in [6, 6.07) is 73.6. The minimum absolute atomic E-state index is 0.706. The molecule has 0 aliphatic heterocycles. The molecular formula is C57H37N5. The van der Waals surface area contributed by atoms with Gasteiger partial charge < -0.3 is 0 Å². The van der Waals surface area contributed by atoms with Gasteiger partial charge >= 0.3 is 0 Å². The average Bonchev–Trinajstić information content (AvgIpc) is 3.36. The fourth-order valence-electron chi connectivity index (χ4n) is 8.03. The third-order valence-corrected chi connectivity index (χ3v) is 11.4. The van der Waals surface area contributed by atoms with Crippen LogP contribution in [-0.2, 0) is 0 Å². The van der Waals surface area contributed by atoms with Crippen molar-refractivity contribution < 1.29 is 0 Å². The standard InChI is InChI=1S/C57H37N5/c1-3-12-42(13-4-1)52-35-53(62-57(61-52)44-14-5-2-6-15-44)43-26-23-40(24-27-43)39-19-21-41(22-20-39)49-29-30-51(58-37-49)55-33-50(47-28-25-38-11-7-8-16-45(38)31-47)34-56(60-55)54-32-46-17-9-10-18-48(46)36-59-54/h1-37H. The lowest BCUT2D eigenvalue weighted by Gasteiger charge is -2.11. The van der Waals surface area contributed by atoms with E-state index in [0.29, 0.717) is 5.82 Å². The zero-order valence-electron chi connectivity index (χ0n) is 33.6. The van der Waals surface area contributed by atoms with E-state index in [2.05, 4.69) is 170 Å². The van der Waals surface area contributed by atoms with E-state index in [-0.39, 0.29) is 0 Å². The van der Waals surface area contributed by atoms with Crippen LogP contribution in [0.25, 0.3) is 112 Å². The highest BCUT2D eigenvalue weighted by atomic mass is 14.9. The van der Waals surface area contributed by atoms with Crippen molar-refractivity contribution in [3.63, 3.8) is 0 Å². The van der Waals surface area contributed by atoms with E-state index in [0.717, 1.165) is 95.0 Å². The van der Waals surface area contributed by atoms with Crippen molar-refractivity contribution >= 4 is 21.5 Å². The Balaban J connectivity index is 0.875. The lowest BCUT2D eigenvalue weighted by atomic mass is 9.98. The van der Waals surface area contributed by atoms with Crippen molar-refractivity contribution in [2.75, 3.05) is 0 Å². The first-order valence-electron chi connectivity index (χ1n) is 20.7. The van der Waals surface area contributed by atoms with Crippen LogP contribution in [0.5, 0.6) is 0 Å². The van der Waals surface area contributed by atoms with Gasteiger partial charge in [0.05, 0.1) is 34.2 Å². The number of fused-ring (bicyclic) bond motifs is 2. The summed E-state index contributed by atoms with van der Waals surface area (Å²) in [4.78, 5) is 24.9. The van der Waals surface area contributed by atoms with Crippen LogP contribution in [0.2, 0.25) is 0 Å². The molecule has 0 bridgehead atoms. The van der Waals surface area contributed by atoms with Crippen LogP contribution in [0, 0.1) is 0 Å². The SMILES string of the molecule is c1ccc(-c2cc(-c3ccc(-c4ccc(-c5ccc(-c6cc(-c7ccc8ccccc8c7)cc(-c7cc8ccccc8cn7)n6)nc5)cc4)cc3)nc(-c3ccccc3)n2)cc1. The van der Waals surface area contributed by atoms with Crippen molar-refractivity contribution in [1.29, 1.82) is 0 Å². The Hall–Kier alpha value is -8.41. The minimum atomic E-state index is 0.706. The van der Waals surface area contributed by atoms with Crippen LogP contribution in [0.3, 0.4) is 0 Å². The highest BCUT2D eigenvalue weighted by Crippen LogP contribution is 2.34. The van der Waals surface area contributed by atoms with E-state index in [1.54, 1.807) is 0 Å². The summed E-state index contributed by atoms with van der Waals surface area (Å²) in [5.41, 5.74) is 14.6. The molecule has 0 aliphatic rings. The molecule has 0 saturated heterocycles. The molecule has 0 radical (unpaired) electrons. The Kier molecular flexibility index (Phi) is 9.45. The number of aromatic nitrogens is 5. The van der Waals surface area contributed by atoms with Gasteiger partial charge in [-0.05, 0) is 80.4 Å². The van der Waals surface area contributed by atoms with E-state index in [1.165, 1.54) is 10.8 Å². The first kappa shape index (κ1) is 36.7. The fourth-order valence-corrected chi connectivity index (χ4v) is 8.03. The molecule has 0 amide bonds. The quantitative estimate of drug-likeness (QED) is 0.153. The molecule has 7 aromatic carbocycles. The van der Waals surface area contributed by atoms with Gasteiger partial charge in [-0.2, -0.15) is 0 Å². The Morgan fingerprint density at radius 1 is 0.210 bits per heavy atom. The second-order valence-corrected chi connectivity index (χ2v) is 15.4. The fraction of sp³-hybridized carbons (Fsp3) is 0. The van der Waals surface area contributed by atoms with E-state index < -0.39 is 0 Å². The van der Waals surface area contributed by atoms with Gasteiger partial charge in [0.25, 0.3) is 0 Å². The summed E-state index contributed by atoms with van der Waals surface area (Å²) in [5, 5.41) is 4.62. The van der Waals surface area contributed by atoms with Gasteiger partial charge in [0, 0.05) is 40.0 Å². The Labute approximate surface area is 359 Å². The average molecular weight is 792 g/mol. The number of benzene rings is 7. The molecule has 11 rings (SSSR count). The normalized spacial score (nSPS) is 11.2. The molecule has 11 aromatic rings. The zero-order chi connectivity index (χ0) is 41.2. The number of pyridine rings is 3. The van der Waals surface area contributed by atoms with Crippen LogP contribution in [0.15, 0.2) is 225 Å². The van der Waals surface area contributed by atoms with E-state index >= 15 is 0 Å².